The van der Waals surface area contributed by atoms with Crippen LogP contribution in [0.1, 0.15) is 44.9 Å². The van der Waals surface area contributed by atoms with Crippen LogP contribution in [-0.2, 0) is 0 Å². The van der Waals surface area contributed by atoms with Crippen molar-refractivity contribution in [3.8, 4) is 0 Å². The molecule has 18 heavy (non-hydrogen) atoms. The van der Waals surface area contributed by atoms with E-state index in [9.17, 15) is 0 Å². The lowest BCUT2D eigenvalue weighted by Gasteiger charge is -2.39. The van der Waals surface area contributed by atoms with Gasteiger partial charge in [-0.15, -0.1) is 0 Å². The van der Waals surface area contributed by atoms with Gasteiger partial charge in [0.2, 0.25) is 0 Å². The summed E-state index contributed by atoms with van der Waals surface area (Å²) in [5.41, 5.74) is 0. The Labute approximate surface area is 112 Å². The van der Waals surface area contributed by atoms with Crippen LogP contribution in [0.4, 0.5) is 0 Å². The highest BCUT2D eigenvalue weighted by Gasteiger charge is 2.23. The molecule has 2 aliphatic rings. The zero-order valence-corrected chi connectivity index (χ0v) is 12.0. The predicted octanol–water partition coefficient (Wildman–Crippen LogP) is 1.96. The first-order valence-electron chi connectivity index (χ1n) is 7.83. The van der Waals surface area contributed by atoms with Crippen molar-refractivity contribution in [2.24, 2.45) is 5.92 Å². The van der Waals surface area contributed by atoms with Gasteiger partial charge in [0, 0.05) is 32.3 Å². The van der Waals surface area contributed by atoms with Crippen LogP contribution >= 0.6 is 0 Å². The van der Waals surface area contributed by atoms with E-state index in [1.54, 1.807) is 0 Å². The van der Waals surface area contributed by atoms with Gasteiger partial charge in [-0.2, -0.15) is 0 Å². The standard InChI is InChI=1S/C15H30N2O/c1-16-10-11-17(13-15(16)8-12-18)9-4-7-14-5-2-3-6-14/h14-15,18H,2-13H2,1H3/t15-/m0/s1. The van der Waals surface area contributed by atoms with E-state index in [0.29, 0.717) is 12.6 Å². The molecule has 3 heteroatoms. The molecular formula is C15H30N2O. The number of hydrogen-bond acceptors (Lipinski definition) is 3. The van der Waals surface area contributed by atoms with E-state index in [1.807, 2.05) is 0 Å². The molecule has 0 radical (unpaired) electrons. The van der Waals surface area contributed by atoms with Crippen LogP contribution < -0.4 is 0 Å². The van der Waals surface area contributed by atoms with E-state index >= 15 is 0 Å². The zero-order chi connectivity index (χ0) is 12.8. The lowest BCUT2D eigenvalue weighted by Crippen LogP contribution is -2.51. The lowest BCUT2D eigenvalue weighted by molar-refractivity contribution is 0.0768. The van der Waals surface area contributed by atoms with Crippen molar-refractivity contribution in [3.63, 3.8) is 0 Å². The third-order valence-corrected chi connectivity index (χ3v) is 4.89. The van der Waals surface area contributed by atoms with Gasteiger partial charge >= 0.3 is 0 Å². The fraction of sp³-hybridized carbons (Fsp3) is 1.00. The molecule has 0 spiro atoms. The molecule has 2 fully saturated rings. The topological polar surface area (TPSA) is 26.7 Å². The summed E-state index contributed by atoms with van der Waals surface area (Å²) in [5, 5.41) is 9.10. The minimum absolute atomic E-state index is 0.324. The average molecular weight is 254 g/mol. The molecule has 1 aliphatic carbocycles. The van der Waals surface area contributed by atoms with Gasteiger partial charge < -0.3 is 14.9 Å². The Hall–Kier alpha value is -0.120. The van der Waals surface area contributed by atoms with Gasteiger partial charge in [0.15, 0.2) is 0 Å². The van der Waals surface area contributed by atoms with Crippen molar-refractivity contribution in [1.29, 1.82) is 0 Å². The molecule has 1 aliphatic heterocycles. The average Bonchev–Trinajstić information content (AvgIpc) is 2.87. The smallest absolute Gasteiger partial charge is 0.0446 e. The number of hydrogen-bond donors (Lipinski definition) is 1. The minimum atomic E-state index is 0.324. The van der Waals surface area contributed by atoms with Gasteiger partial charge in [-0.05, 0) is 38.8 Å². The Morgan fingerprint density at radius 3 is 2.61 bits per heavy atom. The van der Waals surface area contributed by atoms with Crippen LogP contribution in [0.15, 0.2) is 0 Å². The van der Waals surface area contributed by atoms with Gasteiger partial charge in [0.05, 0.1) is 0 Å². The highest BCUT2D eigenvalue weighted by molar-refractivity contribution is 4.80. The lowest BCUT2D eigenvalue weighted by atomic mass is 10.0. The van der Waals surface area contributed by atoms with Gasteiger partial charge in [0.25, 0.3) is 0 Å². The SMILES string of the molecule is CN1CCN(CCCC2CCCC2)C[C@@H]1CCO. The Bertz CT molecular complexity index is 229. The summed E-state index contributed by atoms with van der Waals surface area (Å²) in [4.78, 5) is 5.01. The monoisotopic (exact) mass is 254 g/mol. The molecule has 2 rings (SSSR count). The number of nitrogens with zero attached hydrogens (tertiary/aromatic N) is 2. The number of likely N-dealkylation sites (N-methyl/N-ethyl adjacent to an activating group) is 1. The molecule has 0 amide bonds. The van der Waals surface area contributed by atoms with E-state index in [4.69, 9.17) is 5.11 Å². The molecule has 0 aromatic rings. The van der Waals surface area contributed by atoms with Crippen LogP contribution in [0.25, 0.3) is 0 Å². The highest BCUT2D eigenvalue weighted by atomic mass is 16.3. The third-order valence-electron chi connectivity index (χ3n) is 4.89. The summed E-state index contributed by atoms with van der Waals surface area (Å²) in [7, 11) is 2.19. The molecule has 0 bridgehead atoms. The second-order valence-electron chi connectivity index (χ2n) is 6.24. The van der Waals surface area contributed by atoms with Crippen LogP contribution in [0.5, 0.6) is 0 Å². The molecule has 0 aromatic heterocycles. The second-order valence-corrected chi connectivity index (χ2v) is 6.24. The Kier molecular flexibility index (Phi) is 5.93. The van der Waals surface area contributed by atoms with Gasteiger partial charge in [0.1, 0.15) is 0 Å². The Morgan fingerprint density at radius 1 is 1.11 bits per heavy atom. The van der Waals surface area contributed by atoms with Crippen LogP contribution in [0, 0.1) is 5.92 Å². The molecule has 0 aromatic carbocycles. The summed E-state index contributed by atoms with van der Waals surface area (Å²) < 4.78 is 0. The molecule has 1 atom stereocenters. The van der Waals surface area contributed by atoms with E-state index in [2.05, 4.69) is 16.8 Å². The number of rotatable bonds is 6. The summed E-state index contributed by atoms with van der Waals surface area (Å²) >= 11 is 0. The molecule has 1 N–H and O–H groups in total. The fourth-order valence-electron chi connectivity index (χ4n) is 3.58. The van der Waals surface area contributed by atoms with Gasteiger partial charge in [-0.25, -0.2) is 0 Å². The largest absolute Gasteiger partial charge is 0.396 e. The van der Waals surface area contributed by atoms with E-state index in [0.717, 1.165) is 25.4 Å². The second kappa shape index (κ2) is 7.46. The summed E-state index contributed by atoms with van der Waals surface area (Å²) in [6, 6.07) is 0.565. The maximum absolute atomic E-state index is 9.10. The van der Waals surface area contributed by atoms with Crippen LogP contribution in [-0.4, -0.2) is 60.8 Å². The number of piperazine rings is 1. The third kappa shape index (κ3) is 4.22. The summed E-state index contributed by atoms with van der Waals surface area (Å²) in [6.07, 6.45) is 9.65. The van der Waals surface area contributed by atoms with Crippen molar-refractivity contribution < 1.29 is 5.11 Å². The zero-order valence-electron chi connectivity index (χ0n) is 12.0. The first-order chi connectivity index (χ1) is 8.79. The molecular weight excluding hydrogens is 224 g/mol. The highest BCUT2D eigenvalue weighted by Crippen LogP contribution is 2.28. The summed E-state index contributed by atoms with van der Waals surface area (Å²) in [6.45, 7) is 5.12. The molecule has 1 saturated heterocycles. The fourth-order valence-corrected chi connectivity index (χ4v) is 3.58. The van der Waals surface area contributed by atoms with Crippen molar-refractivity contribution >= 4 is 0 Å². The van der Waals surface area contributed by atoms with Crippen molar-refractivity contribution in [2.45, 2.75) is 51.0 Å². The number of aliphatic hydroxyl groups is 1. The van der Waals surface area contributed by atoms with Gasteiger partial charge in [-0.1, -0.05) is 25.7 Å². The van der Waals surface area contributed by atoms with E-state index in [-0.39, 0.29) is 0 Å². The predicted molar refractivity (Wildman–Crippen MR) is 75.8 cm³/mol. The minimum Gasteiger partial charge on any atom is -0.396 e. The first-order valence-corrected chi connectivity index (χ1v) is 7.83. The summed E-state index contributed by atoms with van der Waals surface area (Å²) in [5.74, 6) is 1.03. The normalized spacial score (nSPS) is 28.0. The Balaban J connectivity index is 1.63. The van der Waals surface area contributed by atoms with Gasteiger partial charge in [-0.3, -0.25) is 0 Å². The molecule has 1 saturated carbocycles. The maximum Gasteiger partial charge on any atom is 0.0446 e. The molecule has 1 heterocycles. The van der Waals surface area contributed by atoms with Crippen molar-refractivity contribution in [3.05, 3.63) is 0 Å². The first kappa shape index (κ1) is 14.3. The molecule has 0 unspecified atom stereocenters. The van der Waals surface area contributed by atoms with Crippen molar-refractivity contribution in [1.82, 2.24) is 9.80 Å². The number of aliphatic hydroxyl groups excluding tert-OH is 1. The van der Waals surface area contributed by atoms with Crippen LogP contribution in [0.3, 0.4) is 0 Å². The molecule has 3 nitrogen and oxygen atoms in total. The molecule has 106 valence electrons. The quantitative estimate of drug-likeness (QED) is 0.785. The van der Waals surface area contributed by atoms with E-state index < -0.39 is 0 Å². The van der Waals surface area contributed by atoms with E-state index in [1.165, 1.54) is 51.6 Å². The van der Waals surface area contributed by atoms with Crippen molar-refractivity contribution in [2.75, 3.05) is 39.8 Å². The maximum atomic E-state index is 9.10. The Morgan fingerprint density at radius 2 is 1.89 bits per heavy atom. The van der Waals surface area contributed by atoms with Crippen LogP contribution in [0.2, 0.25) is 0 Å².